The van der Waals surface area contributed by atoms with Gasteiger partial charge < -0.3 is 9.84 Å². The summed E-state index contributed by atoms with van der Waals surface area (Å²) in [5.41, 5.74) is 0. The van der Waals surface area contributed by atoms with E-state index in [1.807, 2.05) is 0 Å². The zero-order valence-electron chi connectivity index (χ0n) is 13.7. The van der Waals surface area contributed by atoms with Gasteiger partial charge in [-0.05, 0) is 6.42 Å². The zero-order valence-corrected chi connectivity index (χ0v) is 13.7. The highest BCUT2D eigenvalue weighted by Gasteiger charge is 1.99. The van der Waals surface area contributed by atoms with Crippen molar-refractivity contribution in [1.82, 2.24) is 0 Å². The van der Waals surface area contributed by atoms with E-state index in [9.17, 15) is 14.4 Å². The Kier molecular flexibility index (Phi) is 17.4. The molecule has 0 amide bonds. The average molecular weight is 302 g/mol. The molecule has 0 atom stereocenters. The monoisotopic (exact) mass is 302 g/mol. The maximum Gasteiger partial charge on any atom is 0.371 e. The van der Waals surface area contributed by atoms with Crippen LogP contribution in [0.3, 0.4) is 0 Å². The molecule has 5 heteroatoms. The van der Waals surface area contributed by atoms with Gasteiger partial charge in [0.15, 0.2) is 0 Å². The van der Waals surface area contributed by atoms with Crippen LogP contribution in [0.25, 0.3) is 0 Å². The second-order valence-electron chi connectivity index (χ2n) is 5.02. The minimum Gasteiger partial charge on any atom is -0.476 e. The number of carbonyl (C=O) groups is 3. The number of esters is 1. The van der Waals surface area contributed by atoms with Crippen molar-refractivity contribution < 1.29 is 24.2 Å². The molecule has 0 aromatic rings. The summed E-state index contributed by atoms with van der Waals surface area (Å²) in [6.45, 7) is 3.25. The van der Waals surface area contributed by atoms with Crippen LogP contribution in [-0.2, 0) is 19.1 Å². The molecule has 1 N–H and O–H groups in total. The van der Waals surface area contributed by atoms with E-state index < -0.39 is 11.8 Å². The molecule has 0 aliphatic heterocycles. The molecule has 0 radical (unpaired) electrons. The lowest BCUT2D eigenvalue weighted by Crippen LogP contribution is -2.05. The highest BCUT2D eigenvalue weighted by atomic mass is 16.5. The molecule has 0 aliphatic rings. The molecule has 0 unspecified atom stereocenters. The van der Waals surface area contributed by atoms with Crippen molar-refractivity contribution in [2.75, 3.05) is 7.11 Å². The number of unbranched alkanes of at least 4 members (excludes halogenated alkanes) is 8. The number of rotatable bonds is 11. The van der Waals surface area contributed by atoms with Crippen molar-refractivity contribution in [3.63, 3.8) is 0 Å². The first-order valence-corrected chi connectivity index (χ1v) is 7.76. The molecule has 0 rings (SSSR count). The van der Waals surface area contributed by atoms with E-state index in [0.717, 1.165) is 13.3 Å². The summed E-state index contributed by atoms with van der Waals surface area (Å²) < 4.78 is 4.58. The summed E-state index contributed by atoms with van der Waals surface area (Å²) in [6.07, 6.45) is 12.2. The second-order valence-corrected chi connectivity index (χ2v) is 5.02. The number of hydrogen-bond donors (Lipinski definition) is 1. The van der Waals surface area contributed by atoms with Crippen LogP contribution < -0.4 is 0 Å². The fourth-order valence-electron chi connectivity index (χ4n) is 1.68. The molecule has 21 heavy (non-hydrogen) atoms. The predicted molar refractivity (Wildman–Crippen MR) is 82.2 cm³/mol. The van der Waals surface area contributed by atoms with Gasteiger partial charge in [-0.3, -0.25) is 9.59 Å². The van der Waals surface area contributed by atoms with Crippen LogP contribution in [-0.4, -0.2) is 29.9 Å². The van der Waals surface area contributed by atoms with Gasteiger partial charge in [0.25, 0.3) is 0 Å². The molecule has 0 heterocycles. The second kappa shape index (κ2) is 16.7. The zero-order chi connectivity index (χ0) is 16.5. The Morgan fingerprint density at radius 3 is 1.57 bits per heavy atom. The minimum absolute atomic E-state index is 0.0713. The van der Waals surface area contributed by atoms with Crippen LogP contribution in [0.1, 0.15) is 78.1 Å². The fourth-order valence-corrected chi connectivity index (χ4v) is 1.68. The Morgan fingerprint density at radius 1 is 0.857 bits per heavy atom. The summed E-state index contributed by atoms with van der Waals surface area (Å²) in [7, 11) is 1.45. The number of aliphatic carboxylic acids is 1. The van der Waals surface area contributed by atoms with Crippen LogP contribution in [0.5, 0.6) is 0 Å². The molecule has 124 valence electrons. The van der Waals surface area contributed by atoms with E-state index in [4.69, 9.17) is 5.11 Å². The number of carbonyl (C=O) groups excluding carboxylic acids is 2. The van der Waals surface area contributed by atoms with E-state index >= 15 is 0 Å². The molecule has 0 aromatic carbocycles. The van der Waals surface area contributed by atoms with Crippen LogP contribution in [0, 0.1) is 0 Å². The highest BCUT2D eigenvalue weighted by molar-refractivity contribution is 6.31. The van der Waals surface area contributed by atoms with Gasteiger partial charge in [-0.2, -0.15) is 0 Å². The predicted octanol–water partition coefficient (Wildman–Crippen LogP) is 3.74. The Hall–Kier alpha value is -1.39. The molecule has 0 aromatic heterocycles. The van der Waals surface area contributed by atoms with Crippen molar-refractivity contribution in [3.8, 4) is 0 Å². The summed E-state index contributed by atoms with van der Waals surface area (Å²) in [6, 6.07) is 0. The van der Waals surface area contributed by atoms with Crippen LogP contribution in [0.15, 0.2) is 0 Å². The first-order valence-electron chi connectivity index (χ1n) is 7.76. The molecular formula is C16H30O5. The Labute approximate surface area is 128 Å². The number of carboxylic acid groups (broad SMARTS) is 1. The third-order valence-electron chi connectivity index (χ3n) is 3.01. The Bertz CT molecular complexity index is 274. The fraction of sp³-hybridized carbons (Fsp3) is 0.812. The highest BCUT2D eigenvalue weighted by Crippen LogP contribution is 2.10. The largest absolute Gasteiger partial charge is 0.476 e. The van der Waals surface area contributed by atoms with Gasteiger partial charge in [0.05, 0.1) is 7.11 Å². The molecule has 0 fully saturated rings. The van der Waals surface area contributed by atoms with E-state index in [0.29, 0.717) is 6.42 Å². The van der Waals surface area contributed by atoms with E-state index in [2.05, 4.69) is 11.7 Å². The van der Waals surface area contributed by atoms with E-state index in [1.165, 1.54) is 58.5 Å². The average Bonchev–Trinajstić information content (AvgIpc) is 2.45. The summed E-state index contributed by atoms with van der Waals surface area (Å²) in [5, 5.41) is 7.64. The van der Waals surface area contributed by atoms with Crippen molar-refractivity contribution in [2.24, 2.45) is 0 Å². The molecule has 0 saturated heterocycles. The molecular weight excluding hydrogens is 272 g/mol. The third kappa shape index (κ3) is 21.1. The standard InChI is InChI=1S/C13H26O2.C3H4O3/c1-3-4-5-6-7-8-9-10-11-12-13(14)15-2;1-2(4)3(5)6/h3-12H2,1-2H3;1H3,(H,5,6). The number of methoxy groups -OCH3 is 1. The molecule has 0 saturated carbocycles. The van der Waals surface area contributed by atoms with Crippen molar-refractivity contribution in [2.45, 2.75) is 78.1 Å². The number of ketones is 1. The lowest BCUT2D eigenvalue weighted by molar-refractivity contribution is -0.148. The summed E-state index contributed by atoms with van der Waals surface area (Å²) in [4.78, 5) is 29.7. The summed E-state index contributed by atoms with van der Waals surface area (Å²) >= 11 is 0. The number of hydrogen-bond acceptors (Lipinski definition) is 4. The molecule has 0 aliphatic carbocycles. The lowest BCUT2D eigenvalue weighted by Gasteiger charge is -2.01. The van der Waals surface area contributed by atoms with Crippen LogP contribution in [0.2, 0.25) is 0 Å². The molecule has 0 bridgehead atoms. The van der Waals surface area contributed by atoms with Crippen molar-refractivity contribution in [3.05, 3.63) is 0 Å². The lowest BCUT2D eigenvalue weighted by atomic mass is 10.1. The Balaban J connectivity index is 0. The summed E-state index contributed by atoms with van der Waals surface area (Å²) in [5.74, 6) is -2.28. The molecule has 0 spiro atoms. The smallest absolute Gasteiger partial charge is 0.371 e. The van der Waals surface area contributed by atoms with Crippen molar-refractivity contribution >= 4 is 17.7 Å². The maximum absolute atomic E-state index is 10.8. The van der Waals surface area contributed by atoms with Gasteiger partial charge in [-0.15, -0.1) is 0 Å². The van der Waals surface area contributed by atoms with Crippen molar-refractivity contribution in [1.29, 1.82) is 0 Å². The quantitative estimate of drug-likeness (QED) is 0.357. The minimum atomic E-state index is -1.38. The van der Waals surface area contributed by atoms with Gasteiger partial charge >= 0.3 is 11.9 Å². The van der Waals surface area contributed by atoms with E-state index in [1.54, 1.807) is 0 Å². The van der Waals surface area contributed by atoms with Gasteiger partial charge in [0.2, 0.25) is 5.78 Å². The van der Waals surface area contributed by atoms with Gasteiger partial charge in [0, 0.05) is 13.3 Å². The van der Waals surface area contributed by atoms with E-state index in [-0.39, 0.29) is 5.97 Å². The maximum atomic E-state index is 10.8. The number of Topliss-reactive ketones (excluding diaryl/α,β-unsaturated/α-hetero) is 1. The normalized spacial score (nSPS) is 9.48. The van der Waals surface area contributed by atoms with Crippen LogP contribution >= 0.6 is 0 Å². The SMILES string of the molecule is CC(=O)C(=O)O.CCCCCCCCCCCC(=O)OC. The van der Waals surface area contributed by atoms with Gasteiger partial charge in [-0.25, -0.2) is 4.79 Å². The Morgan fingerprint density at radius 2 is 1.24 bits per heavy atom. The third-order valence-corrected chi connectivity index (χ3v) is 3.01. The van der Waals surface area contributed by atoms with Crippen LogP contribution in [0.4, 0.5) is 0 Å². The first-order chi connectivity index (χ1) is 9.95. The van der Waals surface area contributed by atoms with Gasteiger partial charge in [0.1, 0.15) is 0 Å². The van der Waals surface area contributed by atoms with Gasteiger partial charge in [-0.1, -0.05) is 58.3 Å². The number of carboxylic acids is 1. The topological polar surface area (TPSA) is 80.7 Å². The molecule has 5 nitrogen and oxygen atoms in total. The first kappa shape index (κ1) is 21.9. The number of ether oxygens (including phenoxy) is 1.